The van der Waals surface area contributed by atoms with E-state index in [-0.39, 0.29) is 5.69 Å². The molecule has 2 aromatic carbocycles. The molecule has 6 nitrogen and oxygen atoms in total. The third kappa shape index (κ3) is 7.99. The van der Waals surface area contributed by atoms with Crippen LogP contribution in [0, 0.1) is 5.92 Å². The summed E-state index contributed by atoms with van der Waals surface area (Å²) in [6.45, 7) is 4.32. The van der Waals surface area contributed by atoms with Crippen molar-refractivity contribution in [3.63, 3.8) is 0 Å². The van der Waals surface area contributed by atoms with E-state index >= 15 is 0 Å². The summed E-state index contributed by atoms with van der Waals surface area (Å²) in [4.78, 5) is 20.6. The first kappa shape index (κ1) is 26.0. The topological polar surface area (TPSA) is 76.1 Å². The first-order valence-electron chi connectivity index (χ1n) is 10.8. The summed E-state index contributed by atoms with van der Waals surface area (Å²) in [5.41, 5.74) is -0.0197. The molecule has 2 amide bonds. The molecule has 0 radical (unpaired) electrons. The second kappa shape index (κ2) is 11.7. The molecule has 0 bridgehead atoms. The van der Waals surface area contributed by atoms with Gasteiger partial charge in [-0.1, -0.05) is 44.0 Å². The van der Waals surface area contributed by atoms with E-state index in [0.29, 0.717) is 28.9 Å². The number of benzene rings is 2. The van der Waals surface area contributed by atoms with E-state index in [4.69, 9.17) is 16.3 Å². The smallest absolute Gasteiger partial charge is 0.417 e. The number of aromatic nitrogens is 2. The van der Waals surface area contributed by atoms with Gasteiger partial charge in [0, 0.05) is 23.5 Å². The van der Waals surface area contributed by atoms with E-state index in [1.54, 1.807) is 30.3 Å². The number of alkyl halides is 3. The van der Waals surface area contributed by atoms with E-state index < -0.39 is 22.8 Å². The number of carbonyl (C=O) groups excluding carboxylic acids is 1. The Balaban J connectivity index is 1.64. The Hall–Kier alpha value is -3.59. The van der Waals surface area contributed by atoms with Crippen LogP contribution in [0.3, 0.4) is 0 Å². The van der Waals surface area contributed by atoms with E-state index in [1.165, 1.54) is 12.4 Å². The van der Waals surface area contributed by atoms with Gasteiger partial charge in [0.25, 0.3) is 0 Å². The molecule has 0 fully saturated rings. The Morgan fingerprint density at radius 3 is 2.57 bits per heavy atom. The van der Waals surface area contributed by atoms with Crippen LogP contribution in [0.4, 0.5) is 29.3 Å². The van der Waals surface area contributed by atoms with Crippen LogP contribution in [0.1, 0.15) is 37.9 Å². The highest BCUT2D eigenvalue weighted by atomic mass is 35.5. The van der Waals surface area contributed by atoms with Crippen LogP contribution in [0.15, 0.2) is 60.9 Å². The third-order valence-corrected chi connectivity index (χ3v) is 5.36. The molecular formula is C25H24ClF3N4O2. The van der Waals surface area contributed by atoms with Crippen molar-refractivity contribution in [3.05, 3.63) is 77.2 Å². The quantitative estimate of drug-likeness (QED) is 0.325. The summed E-state index contributed by atoms with van der Waals surface area (Å²) in [5, 5.41) is 4.47. The van der Waals surface area contributed by atoms with Crippen LogP contribution < -0.4 is 15.4 Å². The Bertz CT molecular complexity index is 1200. The van der Waals surface area contributed by atoms with Gasteiger partial charge in [-0.25, -0.2) is 14.8 Å². The zero-order chi connectivity index (χ0) is 25.4. The Morgan fingerprint density at radius 2 is 1.86 bits per heavy atom. The molecule has 3 rings (SSSR count). The molecule has 0 saturated carbocycles. The van der Waals surface area contributed by atoms with Crippen molar-refractivity contribution in [2.75, 3.05) is 10.6 Å². The molecule has 0 aliphatic rings. The molecule has 184 valence electrons. The fourth-order valence-corrected chi connectivity index (χ4v) is 3.18. The summed E-state index contributed by atoms with van der Waals surface area (Å²) in [6, 6.07) is 10.6. The van der Waals surface area contributed by atoms with E-state index in [1.807, 2.05) is 6.08 Å². The number of hydrogen-bond donors (Lipinski definition) is 2. The van der Waals surface area contributed by atoms with Crippen molar-refractivity contribution >= 4 is 35.1 Å². The minimum absolute atomic E-state index is 0.0541. The summed E-state index contributed by atoms with van der Waals surface area (Å²) < 4.78 is 44.9. The molecule has 3 aromatic rings. The van der Waals surface area contributed by atoms with Gasteiger partial charge in [-0.05, 0) is 48.7 Å². The molecule has 1 atom stereocenters. The lowest BCUT2D eigenvalue weighted by Gasteiger charge is -2.13. The lowest BCUT2D eigenvalue weighted by molar-refractivity contribution is -0.137. The minimum Gasteiger partial charge on any atom is -0.439 e. The number of amides is 2. The number of anilines is 2. The van der Waals surface area contributed by atoms with Gasteiger partial charge in [-0.15, -0.1) is 0 Å². The van der Waals surface area contributed by atoms with Crippen LogP contribution in [-0.4, -0.2) is 16.0 Å². The fourth-order valence-electron chi connectivity index (χ4n) is 2.96. The molecule has 35 heavy (non-hydrogen) atoms. The molecule has 1 unspecified atom stereocenters. The number of ether oxygens (including phenoxy) is 1. The number of halogens is 4. The molecule has 0 spiro atoms. The lowest BCUT2D eigenvalue weighted by atomic mass is 10.1. The standard InChI is InChI=1S/C25H24ClF3N4O2/c1-3-16(2)6-4-7-17-14-23(31-15-30-17)35-20-9-5-8-18(12-20)32-24(34)33-19-10-11-22(26)21(13-19)25(27,28)29/h4-5,7-16H,3,6H2,1-2H3,(H2,32,33,34)/b7-4-. The predicted octanol–water partition coefficient (Wildman–Crippen LogP) is 8.03. The van der Waals surface area contributed by atoms with Crippen LogP contribution in [0.25, 0.3) is 6.08 Å². The normalized spacial score (nSPS) is 12.4. The highest BCUT2D eigenvalue weighted by Crippen LogP contribution is 2.36. The van der Waals surface area contributed by atoms with Crippen LogP contribution >= 0.6 is 11.6 Å². The van der Waals surface area contributed by atoms with Gasteiger partial charge in [-0.2, -0.15) is 13.2 Å². The number of urea groups is 1. The zero-order valence-corrected chi connectivity index (χ0v) is 19.8. The number of nitrogens with zero attached hydrogens (tertiary/aromatic N) is 2. The molecule has 10 heteroatoms. The first-order valence-corrected chi connectivity index (χ1v) is 11.2. The van der Waals surface area contributed by atoms with E-state index in [0.717, 1.165) is 25.0 Å². The number of allylic oxidation sites excluding steroid dienone is 1. The van der Waals surface area contributed by atoms with Gasteiger partial charge in [0.2, 0.25) is 5.88 Å². The van der Waals surface area contributed by atoms with Crippen molar-refractivity contribution in [2.45, 2.75) is 32.9 Å². The average Bonchev–Trinajstić information content (AvgIpc) is 2.80. The van der Waals surface area contributed by atoms with Gasteiger partial charge in [0.1, 0.15) is 12.1 Å². The third-order valence-electron chi connectivity index (χ3n) is 5.03. The minimum atomic E-state index is -4.64. The highest BCUT2D eigenvalue weighted by Gasteiger charge is 2.33. The van der Waals surface area contributed by atoms with Crippen LogP contribution in [-0.2, 0) is 6.18 Å². The van der Waals surface area contributed by atoms with Crippen molar-refractivity contribution in [1.82, 2.24) is 9.97 Å². The molecular weight excluding hydrogens is 481 g/mol. The predicted molar refractivity (Wildman–Crippen MR) is 131 cm³/mol. The van der Waals surface area contributed by atoms with Crippen LogP contribution in [0.5, 0.6) is 11.6 Å². The summed E-state index contributed by atoms with van der Waals surface area (Å²) >= 11 is 5.61. The van der Waals surface area contributed by atoms with Gasteiger partial charge in [0.05, 0.1) is 16.3 Å². The van der Waals surface area contributed by atoms with Crippen molar-refractivity contribution in [3.8, 4) is 11.6 Å². The molecule has 0 saturated heterocycles. The maximum Gasteiger partial charge on any atom is 0.417 e. The summed E-state index contributed by atoms with van der Waals surface area (Å²) in [6.07, 6.45) is 2.77. The number of hydrogen-bond acceptors (Lipinski definition) is 4. The number of nitrogens with one attached hydrogen (secondary N) is 2. The number of rotatable bonds is 8. The van der Waals surface area contributed by atoms with Crippen molar-refractivity contribution in [1.29, 1.82) is 0 Å². The van der Waals surface area contributed by atoms with Crippen LogP contribution in [0.2, 0.25) is 5.02 Å². The Kier molecular flexibility index (Phi) is 8.70. The molecule has 0 aliphatic carbocycles. The maximum atomic E-state index is 13.0. The van der Waals surface area contributed by atoms with Gasteiger partial charge in [-0.3, -0.25) is 0 Å². The molecule has 2 N–H and O–H groups in total. The van der Waals surface area contributed by atoms with Gasteiger partial charge >= 0.3 is 12.2 Å². The van der Waals surface area contributed by atoms with E-state index in [9.17, 15) is 18.0 Å². The molecule has 1 aromatic heterocycles. The van der Waals surface area contributed by atoms with Crippen molar-refractivity contribution in [2.24, 2.45) is 5.92 Å². The van der Waals surface area contributed by atoms with Crippen molar-refractivity contribution < 1.29 is 22.7 Å². The lowest BCUT2D eigenvalue weighted by Crippen LogP contribution is -2.20. The Labute approximate surface area is 206 Å². The summed E-state index contributed by atoms with van der Waals surface area (Å²) in [7, 11) is 0. The fraction of sp³-hybridized carbons (Fsp3) is 0.240. The SMILES string of the molecule is CCC(C)C/C=C\c1cc(Oc2cccc(NC(=O)Nc3ccc(Cl)c(C(F)(F)F)c3)c2)ncn1. The number of carbonyl (C=O) groups is 1. The van der Waals surface area contributed by atoms with Gasteiger partial charge in [0.15, 0.2) is 0 Å². The largest absolute Gasteiger partial charge is 0.439 e. The average molecular weight is 505 g/mol. The highest BCUT2D eigenvalue weighted by molar-refractivity contribution is 6.31. The molecule has 1 heterocycles. The summed E-state index contributed by atoms with van der Waals surface area (Å²) in [5.74, 6) is 1.31. The first-order chi connectivity index (χ1) is 16.6. The van der Waals surface area contributed by atoms with E-state index in [2.05, 4.69) is 40.5 Å². The monoisotopic (exact) mass is 504 g/mol. The second-order valence-corrected chi connectivity index (χ2v) is 8.24. The van der Waals surface area contributed by atoms with Gasteiger partial charge < -0.3 is 15.4 Å². The zero-order valence-electron chi connectivity index (χ0n) is 19.1. The molecule has 0 aliphatic heterocycles. The maximum absolute atomic E-state index is 13.0. The Morgan fingerprint density at radius 1 is 1.11 bits per heavy atom. The second-order valence-electron chi connectivity index (χ2n) is 7.83.